The SMILES string of the molecule is COc1ccc(N(C)c2nc(CNC(=O)C(C)N)nc3ccccc23)cc1. The molecule has 1 unspecified atom stereocenters. The van der Waals surface area contributed by atoms with Crippen molar-refractivity contribution in [2.45, 2.75) is 19.5 Å². The van der Waals surface area contributed by atoms with E-state index in [1.54, 1.807) is 14.0 Å². The quantitative estimate of drug-likeness (QED) is 0.697. The summed E-state index contributed by atoms with van der Waals surface area (Å²) >= 11 is 0. The van der Waals surface area contributed by atoms with Gasteiger partial charge in [-0.3, -0.25) is 4.79 Å². The Morgan fingerprint density at radius 1 is 1.19 bits per heavy atom. The Balaban J connectivity index is 1.97. The first-order valence-electron chi connectivity index (χ1n) is 8.66. The number of ether oxygens (including phenoxy) is 1. The minimum atomic E-state index is -0.577. The van der Waals surface area contributed by atoms with Crippen LogP contribution in [0.15, 0.2) is 48.5 Å². The van der Waals surface area contributed by atoms with Crippen molar-refractivity contribution in [3.05, 3.63) is 54.4 Å². The lowest BCUT2D eigenvalue weighted by Gasteiger charge is -2.21. The van der Waals surface area contributed by atoms with Crippen molar-refractivity contribution in [3.8, 4) is 5.75 Å². The first kappa shape index (κ1) is 18.6. The van der Waals surface area contributed by atoms with Crippen LogP contribution in [0.5, 0.6) is 5.75 Å². The number of hydrogen-bond donors (Lipinski definition) is 2. The molecule has 1 heterocycles. The van der Waals surface area contributed by atoms with Gasteiger partial charge in [-0.05, 0) is 43.3 Å². The number of methoxy groups -OCH3 is 1. The van der Waals surface area contributed by atoms with E-state index in [1.807, 2.05) is 60.5 Å². The van der Waals surface area contributed by atoms with Gasteiger partial charge < -0.3 is 20.7 Å². The van der Waals surface area contributed by atoms with Gasteiger partial charge in [-0.2, -0.15) is 0 Å². The molecule has 3 rings (SSSR count). The fraction of sp³-hybridized carbons (Fsp3) is 0.250. The first-order chi connectivity index (χ1) is 13.0. The van der Waals surface area contributed by atoms with Gasteiger partial charge in [-0.1, -0.05) is 12.1 Å². The van der Waals surface area contributed by atoms with E-state index in [0.29, 0.717) is 5.82 Å². The van der Waals surface area contributed by atoms with E-state index < -0.39 is 6.04 Å². The Hall–Kier alpha value is -3.19. The third-order valence-electron chi connectivity index (χ3n) is 4.24. The number of anilines is 2. The zero-order valence-electron chi connectivity index (χ0n) is 15.6. The van der Waals surface area contributed by atoms with Gasteiger partial charge in [-0.15, -0.1) is 0 Å². The molecule has 140 valence electrons. The Morgan fingerprint density at radius 3 is 2.56 bits per heavy atom. The normalized spacial score (nSPS) is 11.9. The smallest absolute Gasteiger partial charge is 0.237 e. The van der Waals surface area contributed by atoms with E-state index in [4.69, 9.17) is 10.5 Å². The molecule has 7 nitrogen and oxygen atoms in total. The van der Waals surface area contributed by atoms with E-state index >= 15 is 0 Å². The van der Waals surface area contributed by atoms with Crippen LogP contribution in [0.3, 0.4) is 0 Å². The summed E-state index contributed by atoms with van der Waals surface area (Å²) in [4.78, 5) is 23.0. The molecule has 0 aliphatic heterocycles. The highest BCUT2D eigenvalue weighted by atomic mass is 16.5. The summed E-state index contributed by atoms with van der Waals surface area (Å²) < 4.78 is 5.22. The Morgan fingerprint density at radius 2 is 1.89 bits per heavy atom. The van der Waals surface area contributed by atoms with Crippen LogP contribution in [-0.2, 0) is 11.3 Å². The molecule has 27 heavy (non-hydrogen) atoms. The van der Waals surface area contributed by atoms with Gasteiger partial charge in [0.15, 0.2) is 5.82 Å². The number of nitrogens with zero attached hydrogens (tertiary/aromatic N) is 3. The van der Waals surface area contributed by atoms with E-state index in [2.05, 4.69) is 15.3 Å². The summed E-state index contributed by atoms with van der Waals surface area (Å²) in [6.45, 7) is 1.86. The molecular formula is C20H23N5O2. The molecule has 1 amide bonds. The van der Waals surface area contributed by atoms with Crippen LogP contribution < -0.4 is 20.7 Å². The molecule has 0 fully saturated rings. The summed E-state index contributed by atoms with van der Waals surface area (Å²) in [6.07, 6.45) is 0. The van der Waals surface area contributed by atoms with Crippen molar-refractivity contribution in [1.29, 1.82) is 0 Å². The topological polar surface area (TPSA) is 93.4 Å². The summed E-state index contributed by atoms with van der Waals surface area (Å²) in [7, 11) is 3.58. The highest BCUT2D eigenvalue weighted by molar-refractivity contribution is 5.91. The van der Waals surface area contributed by atoms with Crippen molar-refractivity contribution in [1.82, 2.24) is 15.3 Å². The van der Waals surface area contributed by atoms with Crippen molar-refractivity contribution in [2.75, 3.05) is 19.1 Å². The number of fused-ring (bicyclic) bond motifs is 1. The van der Waals surface area contributed by atoms with Gasteiger partial charge in [0, 0.05) is 18.1 Å². The van der Waals surface area contributed by atoms with Crippen molar-refractivity contribution >= 4 is 28.3 Å². The molecule has 1 aromatic heterocycles. The fourth-order valence-corrected chi connectivity index (χ4v) is 2.70. The molecule has 0 saturated heterocycles. The molecular weight excluding hydrogens is 342 g/mol. The summed E-state index contributed by atoms with van der Waals surface area (Å²) in [5.74, 6) is 1.84. The average molecular weight is 365 g/mol. The summed E-state index contributed by atoms with van der Waals surface area (Å²) in [6, 6.07) is 14.9. The number of carbonyl (C=O) groups excluding carboxylic acids is 1. The van der Waals surface area contributed by atoms with Gasteiger partial charge in [0.1, 0.15) is 11.6 Å². The second-order valence-corrected chi connectivity index (χ2v) is 6.24. The Bertz CT molecular complexity index is 941. The number of aromatic nitrogens is 2. The number of hydrogen-bond acceptors (Lipinski definition) is 6. The number of carbonyl (C=O) groups is 1. The fourth-order valence-electron chi connectivity index (χ4n) is 2.70. The zero-order chi connectivity index (χ0) is 19.4. The number of nitrogens with one attached hydrogen (secondary N) is 1. The second kappa shape index (κ2) is 8.01. The van der Waals surface area contributed by atoms with Crippen LogP contribution >= 0.6 is 0 Å². The highest BCUT2D eigenvalue weighted by Gasteiger charge is 2.14. The molecule has 3 N–H and O–H groups in total. The van der Waals surface area contributed by atoms with Crippen molar-refractivity contribution < 1.29 is 9.53 Å². The zero-order valence-corrected chi connectivity index (χ0v) is 15.6. The molecule has 7 heteroatoms. The van der Waals surface area contributed by atoms with Crippen molar-refractivity contribution in [2.24, 2.45) is 5.73 Å². The predicted octanol–water partition coefficient (Wildman–Crippen LogP) is 2.37. The minimum Gasteiger partial charge on any atom is -0.497 e. The summed E-state index contributed by atoms with van der Waals surface area (Å²) in [5, 5.41) is 3.69. The van der Waals surface area contributed by atoms with Crippen LogP contribution in [0.2, 0.25) is 0 Å². The largest absolute Gasteiger partial charge is 0.497 e. The van der Waals surface area contributed by atoms with Crippen molar-refractivity contribution in [3.63, 3.8) is 0 Å². The highest BCUT2D eigenvalue weighted by Crippen LogP contribution is 2.29. The monoisotopic (exact) mass is 365 g/mol. The standard InChI is InChI=1S/C20H23N5O2/c1-13(21)20(26)22-12-18-23-17-7-5-4-6-16(17)19(24-18)25(2)14-8-10-15(27-3)11-9-14/h4-11,13H,12,21H2,1-3H3,(H,22,26). The number of nitrogens with two attached hydrogens (primary N) is 1. The molecule has 0 spiro atoms. The minimum absolute atomic E-state index is 0.217. The van der Waals surface area contributed by atoms with Crippen LogP contribution in [0.4, 0.5) is 11.5 Å². The molecule has 0 radical (unpaired) electrons. The molecule has 2 aromatic carbocycles. The number of para-hydroxylation sites is 1. The molecule has 0 aliphatic rings. The maximum Gasteiger partial charge on any atom is 0.237 e. The van der Waals surface area contributed by atoms with E-state index in [9.17, 15) is 4.79 Å². The average Bonchev–Trinajstić information content (AvgIpc) is 2.70. The van der Waals surface area contributed by atoms with Crippen LogP contribution in [0.1, 0.15) is 12.7 Å². The van der Waals surface area contributed by atoms with Gasteiger partial charge >= 0.3 is 0 Å². The lowest BCUT2D eigenvalue weighted by atomic mass is 10.2. The molecule has 0 aliphatic carbocycles. The Labute approximate surface area is 158 Å². The number of rotatable bonds is 6. The molecule has 0 saturated carbocycles. The first-order valence-corrected chi connectivity index (χ1v) is 8.66. The van der Waals surface area contributed by atoms with Gasteiger partial charge in [-0.25, -0.2) is 9.97 Å². The maximum atomic E-state index is 11.8. The summed E-state index contributed by atoms with van der Waals surface area (Å²) in [5.41, 5.74) is 7.37. The van der Waals surface area contributed by atoms with E-state index in [1.165, 1.54) is 0 Å². The predicted molar refractivity (Wildman–Crippen MR) is 106 cm³/mol. The van der Waals surface area contributed by atoms with E-state index in [0.717, 1.165) is 28.2 Å². The van der Waals surface area contributed by atoms with Gasteiger partial charge in [0.25, 0.3) is 0 Å². The van der Waals surface area contributed by atoms with Crippen LogP contribution in [0.25, 0.3) is 10.9 Å². The third kappa shape index (κ3) is 4.15. The Kier molecular flexibility index (Phi) is 5.52. The van der Waals surface area contributed by atoms with Gasteiger partial charge in [0.2, 0.25) is 5.91 Å². The number of amides is 1. The lowest BCUT2D eigenvalue weighted by Crippen LogP contribution is -2.38. The molecule has 3 aromatic rings. The van der Waals surface area contributed by atoms with E-state index in [-0.39, 0.29) is 12.5 Å². The van der Waals surface area contributed by atoms with Gasteiger partial charge in [0.05, 0.1) is 25.2 Å². The third-order valence-corrected chi connectivity index (χ3v) is 4.24. The molecule has 0 bridgehead atoms. The molecule has 1 atom stereocenters. The maximum absolute atomic E-state index is 11.8. The number of benzene rings is 2. The second-order valence-electron chi connectivity index (χ2n) is 6.24. The van der Waals surface area contributed by atoms with Crippen LogP contribution in [-0.4, -0.2) is 36.1 Å². The van der Waals surface area contributed by atoms with Crippen LogP contribution in [0, 0.1) is 0 Å². The lowest BCUT2D eigenvalue weighted by molar-refractivity contribution is -0.122.